The van der Waals surface area contributed by atoms with Gasteiger partial charge in [-0.2, -0.15) is 0 Å². The summed E-state index contributed by atoms with van der Waals surface area (Å²) in [6.45, 7) is 13.1. The van der Waals surface area contributed by atoms with E-state index in [0.717, 1.165) is 5.57 Å². The van der Waals surface area contributed by atoms with Crippen LogP contribution in [0.2, 0.25) is 0 Å². The van der Waals surface area contributed by atoms with E-state index >= 15 is 0 Å². The van der Waals surface area contributed by atoms with E-state index in [1.54, 1.807) is 6.20 Å². The summed E-state index contributed by atoms with van der Waals surface area (Å²) >= 11 is 0. The average molecular weight is 154 g/mol. The predicted molar refractivity (Wildman–Crippen MR) is 53.4 cm³/mol. The molecule has 11 heavy (non-hydrogen) atoms. The van der Waals surface area contributed by atoms with Crippen LogP contribution in [0.15, 0.2) is 21.8 Å². The third-order valence-electron chi connectivity index (χ3n) is 0.738. The van der Waals surface area contributed by atoms with Crippen LogP contribution in [0.1, 0.15) is 34.6 Å². The zero-order valence-electron chi connectivity index (χ0n) is 8.18. The summed E-state index contributed by atoms with van der Waals surface area (Å²) in [5, 5.41) is 0. The van der Waals surface area contributed by atoms with Gasteiger partial charge in [0.05, 0.1) is 0 Å². The molecule has 0 N–H and O–H groups in total. The van der Waals surface area contributed by atoms with Crippen LogP contribution < -0.4 is 0 Å². The van der Waals surface area contributed by atoms with Crippen LogP contribution in [0.5, 0.6) is 0 Å². The summed E-state index contributed by atoms with van der Waals surface area (Å²) < 4.78 is 0. The maximum atomic E-state index is 3.97. The van der Waals surface area contributed by atoms with Crippen molar-refractivity contribution in [2.75, 3.05) is 0 Å². The van der Waals surface area contributed by atoms with Crippen LogP contribution in [0.4, 0.5) is 0 Å². The maximum Gasteiger partial charge on any atom is 0.124 e. The van der Waals surface area contributed by atoms with Gasteiger partial charge in [0.15, 0.2) is 0 Å². The first-order valence-corrected chi connectivity index (χ1v) is 3.81. The van der Waals surface area contributed by atoms with Crippen molar-refractivity contribution in [1.29, 1.82) is 0 Å². The van der Waals surface area contributed by atoms with Gasteiger partial charge in [0, 0.05) is 6.20 Å². The second kappa shape index (κ2) is 9.08. The van der Waals surface area contributed by atoms with Crippen molar-refractivity contribution < 1.29 is 0 Å². The summed E-state index contributed by atoms with van der Waals surface area (Å²) in [4.78, 5) is 7.58. The quantitative estimate of drug-likeness (QED) is 0.409. The second-order valence-electron chi connectivity index (χ2n) is 2.04. The van der Waals surface area contributed by atoms with Gasteiger partial charge >= 0.3 is 0 Å². The summed E-state index contributed by atoms with van der Waals surface area (Å²) in [5.74, 6) is 0.705. The molecule has 0 spiro atoms. The minimum atomic E-state index is 0.705. The SMILES string of the molecule is C=NC(C)=NC=C(C)C.CC. The molecule has 0 saturated heterocycles. The van der Waals surface area contributed by atoms with E-state index in [4.69, 9.17) is 0 Å². The molecule has 0 unspecified atom stereocenters. The van der Waals surface area contributed by atoms with E-state index in [1.807, 2.05) is 34.6 Å². The Bertz CT molecular complexity index is 151. The van der Waals surface area contributed by atoms with Gasteiger partial charge in [-0.15, -0.1) is 0 Å². The van der Waals surface area contributed by atoms with Gasteiger partial charge in [-0.3, -0.25) is 0 Å². The van der Waals surface area contributed by atoms with Crippen LogP contribution in [0, 0.1) is 0 Å². The van der Waals surface area contributed by atoms with Crippen LogP contribution >= 0.6 is 0 Å². The fraction of sp³-hybridized carbons (Fsp3) is 0.556. The first-order chi connectivity index (χ1) is 5.16. The van der Waals surface area contributed by atoms with E-state index in [2.05, 4.69) is 16.7 Å². The lowest BCUT2D eigenvalue weighted by Crippen LogP contribution is -1.79. The monoisotopic (exact) mass is 154 g/mol. The van der Waals surface area contributed by atoms with Gasteiger partial charge in [-0.25, -0.2) is 9.98 Å². The van der Waals surface area contributed by atoms with Crippen molar-refractivity contribution in [3.05, 3.63) is 11.8 Å². The van der Waals surface area contributed by atoms with E-state index in [0.29, 0.717) is 5.84 Å². The number of allylic oxidation sites excluding steroid dienone is 1. The van der Waals surface area contributed by atoms with E-state index in [9.17, 15) is 0 Å². The molecule has 0 aromatic carbocycles. The molecule has 0 rings (SSSR count). The Labute approximate surface area is 69.8 Å². The topological polar surface area (TPSA) is 24.7 Å². The van der Waals surface area contributed by atoms with Crippen LogP contribution in [-0.4, -0.2) is 12.6 Å². The first kappa shape index (κ1) is 12.7. The molecule has 0 bridgehead atoms. The lowest BCUT2D eigenvalue weighted by atomic mass is 10.4. The highest BCUT2D eigenvalue weighted by atomic mass is 14.9. The third kappa shape index (κ3) is 12.3. The largest absolute Gasteiger partial charge is 0.250 e. The molecule has 0 heterocycles. The number of hydrogen-bond donors (Lipinski definition) is 0. The second-order valence-corrected chi connectivity index (χ2v) is 2.04. The molecule has 0 aliphatic heterocycles. The smallest absolute Gasteiger partial charge is 0.124 e. The van der Waals surface area contributed by atoms with Crippen molar-refractivity contribution in [3.63, 3.8) is 0 Å². The highest BCUT2D eigenvalue weighted by Crippen LogP contribution is 1.89. The number of rotatable bonds is 1. The highest BCUT2D eigenvalue weighted by molar-refractivity contribution is 5.84. The molecule has 0 aromatic heterocycles. The Morgan fingerprint density at radius 1 is 1.18 bits per heavy atom. The standard InChI is InChI=1S/C7H12N2.C2H6/c1-6(2)5-9-7(3)8-4;1-2/h5H,4H2,1-3H3;1-2H3. The molecule has 2 nitrogen and oxygen atoms in total. The number of nitrogens with zero attached hydrogens (tertiary/aromatic N) is 2. The zero-order valence-corrected chi connectivity index (χ0v) is 8.18. The van der Waals surface area contributed by atoms with Crippen LogP contribution in [-0.2, 0) is 0 Å². The molecular formula is C9H18N2. The normalized spacial score (nSPS) is 9.36. The summed E-state index contributed by atoms with van der Waals surface area (Å²) in [6, 6.07) is 0. The molecule has 0 amide bonds. The lowest BCUT2D eigenvalue weighted by Gasteiger charge is -1.85. The fourth-order valence-corrected chi connectivity index (χ4v) is 0.263. The van der Waals surface area contributed by atoms with Crippen molar-refractivity contribution in [1.82, 2.24) is 0 Å². The van der Waals surface area contributed by atoms with Gasteiger partial charge in [0.25, 0.3) is 0 Å². The van der Waals surface area contributed by atoms with Gasteiger partial charge in [0.2, 0.25) is 0 Å². The predicted octanol–water partition coefficient (Wildman–Crippen LogP) is 3.06. The van der Waals surface area contributed by atoms with Crippen molar-refractivity contribution >= 4 is 12.6 Å². The molecule has 0 aromatic rings. The molecule has 64 valence electrons. The maximum absolute atomic E-state index is 3.97. The molecule has 0 fully saturated rings. The Kier molecular flexibility index (Phi) is 10.5. The first-order valence-electron chi connectivity index (χ1n) is 3.81. The highest BCUT2D eigenvalue weighted by Gasteiger charge is 1.76. The number of hydrogen-bond acceptors (Lipinski definition) is 1. The molecular weight excluding hydrogens is 136 g/mol. The van der Waals surface area contributed by atoms with Crippen LogP contribution in [0.25, 0.3) is 0 Å². The van der Waals surface area contributed by atoms with Gasteiger partial charge in [-0.05, 0) is 27.5 Å². The van der Waals surface area contributed by atoms with Crippen LogP contribution in [0.3, 0.4) is 0 Å². The molecule has 0 aliphatic carbocycles. The summed E-state index contributed by atoms with van der Waals surface area (Å²) in [7, 11) is 0. The minimum absolute atomic E-state index is 0.705. The molecule has 0 atom stereocenters. The van der Waals surface area contributed by atoms with E-state index in [1.165, 1.54) is 0 Å². The van der Waals surface area contributed by atoms with Gasteiger partial charge in [-0.1, -0.05) is 19.4 Å². The van der Waals surface area contributed by atoms with Crippen molar-refractivity contribution in [3.8, 4) is 0 Å². The minimum Gasteiger partial charge on any atom is -0.250 e. The van der Waals surface area contributed by atoms with Gasteiger partial charge in [0.1, 0.15) is 5.84 Å². The van der Waals surface area contributed by atoms with Crippen molar-refractivity contribution in [2.45, 2.75) is 34.6 Å². The van der Waals surface area contributed by atoms with Crippen molar-refractivity contribution in [2.24, 2.45) is 9.98 Å². The van der Waals surface area contributed by atoms with E-state index in [-0.39, 0.29) is 0 Å². The van der Waals surface area contributed by atoms with Gasteiger partial charge < -0.3 is 0 Å². The lowest BCUT2D eigenvalue weighted by molar-refractivity contribution is 1.32. The average Bonchev–Trinajstić information content (AvgIpc) is 2.04. The fourth-order valence-electron chi connectivity index (χ4n) is 0.263. The zero-order chi connectivity index (χ0) is 9.28. The Morgan fingerprint density at radius 2 is 1.64 bits per heavy atom. The number of aliphatic imine (C=N–C) groups is 2. The van der Waals surface area contributed by atoms with E-state index < -0.39 is 0 Å². The Hall–Kier alpha value is -0.920. The molecule has 0 saturated carbocycles. The Morgan fingerprint density at radius 3 is 1.91 bits per heavy atom. The number of amidine groups is 1. The molecule has 0 radical (unpaired) electrons. The Balaban J connectivity index is 0. The summed E-state index contributed by atoms with van der Waals surface area (Å²) in [6.07, 6.45) is 1.77. The summed E-state index contributed by atoms with van der Waals surface area (Å²) in [5.41, 5.74) is 1.16. The third-order valence-corrected chi connectivity index (χ3v) is 0.738. The molecule has 0 aliphatic rings. The molecule has 2 heteroatoms.